The Labute approximate surface area is 131 Å². The number of carbonyl (C=O) groups excluding carboxylic acids is 1. The van der Waals surface area contributed by atoms with Crippen molar-refractivity contribution < 1.29 is 29.3 Å². The molecular weight excluding hydrogens is 300 g/mol. The van der Waals surface area contributed by atoms with Crippen LogP contribution in [0.3, 0.4) is 0 Å². The van der Waals surface area contributed by atoms with Crippen LogP contribution in [0, 0.1) is 0 Å². The molecule has 0 aromatic heterocycles. The molecule has 0 spiro atoms. The molecule has 2 aromatic carbocycles. The van der Waals surface area contributed by atoms with Crippen molar-refractivity contribution >= 4 is 17.7 Å². The van der Waals surface area contributed by atoms with Crippen molar-refractivity contribution in [3.63, 3.8) is 0 Å². The van der Waals surface area contributed by atoms with E-state index in [1.807, 2.05) is 6.07 Å². The van der Waals surface area contributed by atoms with E-state index in [1.54, 1.807) is 24.3 Å². The molecule has 0 heterocycles. The van der Waals surface area contributed by atoms with Gasteiger partial charge in [0.1, 0.15) is 17.9 Å². The van der Waals surface area contributed by atoms with Gasteiger partial charge in [-0.15, -0.1) is 0 Å². The van der Waals surface area contributed by atoms with Crippen LogP contribution in [0.2, 0.25) is 0 Å². The lowest BCUT2D eigenvalue weighted by atomic mass is 10.00. The van der Waals surface area contributed by atoms with Crippen LogP contribution in [0.15, 0.2) is 42.5 Å². The van der Waals surface area contributed by atoms with Gasteiger partial charge in [-0.2, -0.15) is 0 Å². The summed E-state index contributed by atoms with van der Waals surface area (Å²) in [4.78, 5) is 34.2. The highest BCUT2D eigenvalue weighted by Crippen LogP contribution is 2.26. The molecule has 0 bridgehead atoms. The van der Waals surface area contributed by atoms with E-state index in [1.165, 1.54) is 6.92 Å². The number of carbonyl (C=O) groups is 3. The number of ether oxygens (including phenoxy) is 1. The SMILES string of the molecule is CC(=O)c1cc(C(=O)O)c(OCc2ccccc2)cc1C(=O)O. The van der Waals surface area contributed by atoms with Gasteiger partial charge in [-0.05, 0) is 24.6 Å². The molecule has 2 N–H and O–H groups in total. The highest BCUT2D eigenvalue weighted by molar-refractivity contribution is 6.07. The number of carboxylic acid groups (broad SMARTS) is 2. The van der Waals surface area contributed by atoms with E-state index < -0.39 is 17.7 Å². The minimum absolute atomic E-state index is 0.0829. The summed E-state index contributed by atoms with van der Waals surface area (Å²) in [6, 6.07) is 11.1. The van der Waals surface area contributed by atoms with Gasteiger partial charge in [0.15, 0.2) is 5.78 Å². The standard InChI is InChI=1S/C17H14O6/c1-10(18)12-7-14(17(21)22)15(8-13(12)16(19)20)23-9-11-5-3-2-4-6-11/h2-8H,9H2,1H3,(H,19,20)(H,21,22). The van der Waals surface area contributed by atoms with E-state index in [-0.39, 0.29) is 29.0 Å². The van der Waals surface area contributed by atoms with Crippen LogP contribution in [-0.2, 0) is 6.61 Å². The van der Waals surface area contributed by atoms with Crippen molar-refractivity contribution in [1.82, 2.24) is 0 Å². The Morgan fingerprint density at radius 2 is 1.52 bits per heavy atom. The molecule has 2 rings (SSSR count). The summed E-state index contributed by atoms with van der Waals surface area (Å²) < 4.78 is 5.45. The zero-order chi connectivity index (χ0) is 17.0. The van der Waals surface area contributed by atoms with Crippen LogP contribution < -0.4 is 4.74 Å². The van der Waals surface area contributed by atoms with Gasteiger partial charge in [0.25, 0.3) is 0 Å². The number of hydrogen-bond donors (Lipinski definition) is 2. The summed E-state index contributed by atoms with van der Waals surface area (Å²) >= 11 is 0. The fourth-order valence-electron chi connectivity index (χ4n) is 2.07. The van der Waals surface area contributed by atoms with Gasteiger partial charge in [0.2, 0.25) is 0 Å². The number of ketones is 1. The summed E-state index contributed by atoms with van der Waals surface area (Å²) in [6.07, 6.45) is 0. The third-order valence-electron chi connectivity index (χ3n) is 3.20. The number of hydrogen-bond acceptors (Lipinski definition) is 4. The third-order valence-corrected chi connectivity index (χ3v) is 3.20. The van der Waals surface area contributed by atoms with Crippen LogP contribution in [0.25, 0.3) is 0 Å². The van der Waals surface area contributed by atoms with Crippen molar-refractivity contribution in [2.75, 3.05) is 0 Å². The molecule has 2 aromatic rings. The molecule has 6 heteroatoms. The Bertz CT molecular complexity index is 764. The molecule has 0 radical (unpaired) electrons. The zero-order valence-electron chi connectivity index (χ0n) is 12.3. The Morgan fingerprint density at radius 3 is 2.04 bits per heavy atom. The second-order valence-corrected chi connectivity index (χ2v) is 4.83. The first-order valence-corrected chi connectivity index (χ1v) is 6.72. The maximum atomic E-state index is 11.5. The van der Waals surface area contributed by atoms with Gasteiger partial charge in [-0.1, -0.05) is 30.3 Å². The third kappa shape index (κ3) is 3.74. The average molecular weight is 314 g/mol. The fraction of sp³-hybridized carbons (Fsp3) is 0.118. The summed E-state index contributed by atoms with van der Waals surface area (Å²) in [7, 11) is 0. The summed E-state index contributed by atoms with van der Waals surface area (Å²) in [5.74, 6) is -3.24. The highest BCUT2D eigenvalue weighted by Gasteiger charge is 2.21. The minimum atomic E-state index is -1.32. The molecule has 118 valence electrons. The van der Waals surface area contributed by atoms with Crippen molar-refractivity contribution in [3.05, 3.63) is 64.7 Å². The second-order valence-electron chi connectivity index (χ2n) is 4.83. The quantitative estimate of drug-likeness (QED) is 0.795. The molecule has 0 fully saturated rings. The predicted molar refractivity (Wildman–Crippen MR) is 81.1 cm³/mol. The first-order chi connectivity index (χ1) is 10.9. The molecule has 0 aliphatic carbocycles. The van der Waals surface area contributed by atoms with Gasteiger partial charge in [0, 0.05) is 5.56 Å². The monoisotopic (exact) mass is 314 g/mol. The summed E-state index contributed by atoms with van der Waals surface area (Å²) in [5, 5.41) is 18.5. The van der Waals surface area contributed by atoms with Crippen LogP contribution in [0.1, 0.15) is 43.6 Å². The Hall–Kier alpha value is -3.15. The van der Waals surface area contributed by atoms with E-state index >= 15 is 0 Å². The first kappa shape index (κ1) is 16.2. The van der Waals surface area contributed by atoms with Crippen molar-refractivity contribution in [1.29, 1.82) is 0 Å². The summed E-state index contributed by atoms with van der Waals surface area (Å²) in [6.45, 7) is 1.26. The lowest BCUT2D eigenvalue weighted by Crippen LogP contribution is -2.11. The topological polar surface area (TPSA) is 101 Å². The van der Waals surface area contributed by atoms with Gasteiger partial charge < -0.3 is 14.9 Å². The molecule has 6 nitrogen and oxygen atoms in total. The average Bonchev–Trinajstić information content (AvgIpc) is 2.52. The van der Waals surface area contributed by atoms with Gasteiger partial charge in [0.05, 0.1) is 5.56 Å². The normalized spacial score (nSPS) is 10.1. The lowest BCUT2D eigenvalue weighted by molar-refractivity contribution is 0.0674. The van der Waals surface area contributed by atoms with E-state index in [4.69, 9.17) is 4.74 Å². The number of rotatable bonds is 6. The number of carboxylic acids is 2. The second kappa shape index (κ2) is 6.74. The molecule has 0 saturated carbocycles. The predicted octanol–water partition coefficient (Wildman–Crippen LogP) is 2.86. The zero-order valence-corrected chi connectivity index (χ0v) is 12.3. The lowest BCUT2D eigenvalue weighted by Gasteiger charge is -2.12. The molecule has 23 heavy (non-hydrogen) atoms. The molecule has 0 aliphatic heterocycles. The number of Topliss-reactive ketones (excluding diaryl/α,β-unsaturated/α-hetero) is 1. The number of aromatic carboxylic acids is 2. The highest BCUT2D eigenvalue weighted by atomic mass is 16.5. The molecule has 0 saturated heterocycles. The first-order valence-electron chi connectivity index (χ1n) is 6.72. The maximum Gasteiger partial charge on any atom is 0.339 e. The van der Waals surface area contributed by atoms with Crippen LogP contribution in [-0.4, -0.2) is 27.9 Å². The largest absolute Gasteiger partial charge is 0.488 e. The Balaban J connectivity index is 2.44. The Morgan fingerprint density at radius 1 is 0.913 bits per heavy atom. The molecule has 0 amide bonds. The van der Waals surface area contributed by atoms with Crippen LogP contribution in [0.4, 0.5) is 0 Å². The molecule has 0 unspecified atom stereocenters. The smallest absolute Gasteiger partial charge is 0.339 e. The fourth-order valence-corrected chi connectivity index (χ4v) is 2.07. The Kier molecular flexibility index (Phi) is 4.75. The van der Waals surface area contributed by atoms with E-state index in [9.17, 15) is 24.6 Å². The minimum Gasteiger partial charge on any atom is -0.488 e. The maximum absolute atomic E-state index is 11.5. The van der Waals surface area contributed by atoms with E-state index in [0.717, 1.165) is 17.7 Å². The van der Waals surface area contributed by atoms with Gasteiger partial charge in [-0.3, -0.25) is 4.79 Å². The molecule has 0 aliphatic rings. The van der Waals surface area contributed by atoms with Crippen molar-refractivity contribution in [2.45, 2.75) is 13.5 Å². The van der Waals surface area contributed by atoms with Gasteiger partial charge >= 0.3 is 11.9 Å². The number of benzene rings is 2. The van der Waals surface area contributed by atoms with Crippen LogP contribution in [0.5, 0.6) is 5.75 Å². The van der Waals surface area contributed by atoms with Crippen molar-refractivity contribution in [2.24, 2.45) is 0 Å². The van der Waals surface area contributed by atoms with Crippen LogP contribution >= 0.6 is 0 Å². The summed E-state index contributed by atoms with van der Waals surface area (Å²) in [5.41, 5.74) is 0.0972. The van der Waals surface area contributed by atoms with Gasteiger partial charge in [-0.25, -0.2) is 9.59 Å². The van der Waals surface area contributed by atoms with E-state index in [2.05, 4.69) is 0 Å². The van der Waals surface area contributed by atoms with E-state index in [0.29, 0.717) is 0 Å². The molecular formula is C17H14O6. The van der Waals surface area contributed by atoms with Crippen molar-refractivity contribution in [3.8, 4) is 5.75 Å². The molecule has 0 atom stereocenters.